The summed E-state index contributed by atoms with van der Waals surface area (Å²) >= 11 is 0. The van der Waals surface area contributed by atoms with Crippen molar-refractivity contribution in [1.82, 2.24) is 9.88 Å². The van der Waals surface area contributed by atoms with Gasteiger partial charge in [0.15, 0.2) is 14.1 Å². The summed E-state index contributed by atoms with van der Waals surface area (Å²) in [5.41, 5.74) is 2.43. The lowest BCUT2D eigenvalue weighted by molar-refractivity contribution is -0.137. The highest BCUT2D eigenvalue weighted by Crippen LogP contribution is 2.51. The predicted molar refractivity (Wildman–Crippen MR) is 169 cm³/mol. The average molecular weight is 649 g/mol. The molecule has 0 bridgehead atoms. The number of carboxylic acid groups (broad SMARTS) is 1. The Labute approximate surface area is 265 Å². The van der Waals surface area contributed by atoms with Crippen LogP contribution in [0.15, 0.2) is 24.3 Å². The number of ketones is 1. The number of aromatic nitrogens is 1. The number of halogens is 3. The van der Waals surface area contributed by atoms with E-state index in [0.717, 1.165) is 29.0 Å². The number of amides is 1. The maximum atomic E-state index is 14.5. The summed E-state index contributed by atoms with van der Waals surface area (Å²) in [6.45, 7) is 17.7. The molecule has 1 amide bonds. The number of piperidine rings is 1. The summed E-state index contributed by atoms with van der Waals surface area (Å²) in [5, 5.41) is 9.58. The van der Waals surface area contributed by atoms with Crippen LogP contribution in [-0.2, 0) is 21.8 Å². The molecule has 0 radical (unpaired) electrons. The summed E-state index contributed by atoms with van der Waals surface area (Å²) in [6.07, 6.45) is -4.10. The van der Waals surface area contributed by atoms with Crippen LogP contribution >= 0.6 is 0 Å². The van der Waals surface area contributed by atoms with Crippen LogP contribution in [-0.4, -0.2) is 55.4 Å². The van der Waals surface area contributed by atoms with Gasteiger partial charge >= 0.3 is 12.3 Å². The first-order valence-electron chi connectivity index (χ1n) is 15.6. The molecular formula is C34H47F3N2O5Si. The van der Waals surface area contributed by atoms with Crippen LogP contribution in [0, 0.1) is 5.41 Å². The summed E-state index contributed by atoms with van der Waals surface area (Å²) in [5.74, 6) is -0.607. The predicted octanol–water partition coefficient (Wildman–Crippen LogP) is 8.93. The van der Waals surface area contributed by atoms with Gasteiger partial charge in [0.2, 0.25) is 0 Å². The number of ether oxygens (including phenoxy) is 1. The molecule has 2 unspecified atom stereocenters. The van der Waals surface area contributed by atoms with Crippen molar-refractivity contribution in [2.75, 3.05) is 20.2 Å². The van der Waals surface area contributed by atoms with Crippen LogP contribution in [0.5, 0.6) is 0 Å². The third-order valence-electron chi connectivity index (χ3n) is 9.94. The Morgan fingerprint density at radius 1 is 1.07 bits per heavy atom. The zero-order valence-electron chi connectivity index (χ0n) is 27.9. The van der Waals surface area contributed by atoms with Gasteiger partial charge in [0.05, 0.1) is 29.0 Å². The van der Waals surface area contributed by atoms with Gasteiger partial charge in [-0.05, 0) is 79.8 Å². The summed E-state index contributed by atoms with van der Waals surface area (Å²) in [6, 6.07) is 4.29. The molecule has 0 spiro atoms. The fourth-order valence-electron chi connectivity index (χ4n) is 6.33. The lowest BCUT2D eigenvalue weighted by Crippen LogP contribution is -2.44. The SMILES string of the molecule is COC(C)c1nc2c(c(C3CCN(C(=O)O)CC3)c1C(=O)c1ccc(C(F)(F)F)cc1)C(O[Si](C)(C)C(C)(C)C)CC(C)(C)C2. The molecule has 1 aliphatic heterocycles. The Bertz CT molecular complexity index is 1430. The Hall–Kier alpha value is -2.76. The summed E-state index contributed by atoms with van der Waals surface area (Å²) < 4.78 is 53.1. The van der Waals surface area contributed by atoms with Crippen molar-refractivity contribution in [2.45, 2.75) is 110 Å². The Kier molecular flexibility index (Phi) is 9.71. The van der Waals surface area contributed by atoms with Gasteiger partial charge in [0.1, 0.15) is 0 Å². The van der Waals surface area contributed by atoms with Crippen molar-refractivity contribution in [3.63, 3.8) is 0 Å². The monoisotopic (exact) mass is 648 g/mol. The third-order valence-corrected chi connectivity index (χ3v) is 14.4. The van der Waals surface area contributed by atoms with E-state index in [1.807, 2.05) is 6.92 Å². The number of likely N-dealkylation sites (tertiary alicyclic amines) is 1. The molecule has 1 fully saturated rings. The van der Waals surface area contributed by atoms with Gasteiger partial charge < -0.3 is 19.2 Å². The number of carbonyl (C=O) groups excluding carboxylic acids is 1. The second-order valence-electron chi connectivity index (χ2n) is 14.9. The van der Waals surface area contributed by atoms with E-state index in [-0.39, 0.29) is 28.0 Å². The van der Waals surface area contributed by atoms with Crippen molar-refractivity contribution >= 4 is 20.2 Å². The van der Waals surface area contributed by atoms with Gasteiger partial charge in [0, 0.05) is 37.0 Å². The number of benzene rings is 1. The van der Waals surface area contributed by atoms with E-state index >= 15 is 0 Å². The van der Waals surface area contributed by atoms with Gasteiger partial charge in [0.25, 0.3) is 0 Å². The van der Waals surface area contributed by atoms with Crippen molar-refractivity contribution in [1.29, 1.82) is 0 Å². The normalized spacial score (nSPS) is 20.1. The van der Waals surface area contributed by atoms with Crippen LogP contribution < -0.4 is 0 Å². The molecule has 1 aromatic carbocycles. The van der Waals surface area contributed by atoms with E-state index in [9.17, 15) is 27.9 Å². The molecule has 11 heteroatoms. The molecule has 1 saturated heterocycles. The molecule has 2 aromatic rings. The van der Waals surface area contributed by atoms with Crippen LogP contribution in [0.1, 0.15) is 123 Å². The number of nitrogens with zero attached hydrogens (tertiary/aromatic N) is 2. The average Bonchev–Trinajstić information content (AvgIpc) is 2.93. The first-order chi connectivity index (χ1) is 20.7. The summed E-state index contributed by atoms with van der Waals surface area (Å²) in [4.78, 5) is 32.8. The van der Waals surface area contributed by atoms with Gasteiger partial charge in [-0.25, -0.2) is 4.79 Å². The maximum Gasteiger partial charge on any atom is 0.416 e. The number of fused-ring (bicyclic) bond motifs is 1. The largest absolute Gasteiger partial charge is 0.465 e. The van der Waals surface area contributed by atoms with E-state index in [4.69, 9.17) is 14.1 Å². The number of hydrogen-bond acceptors (Lipinski definition) is 5. The minimum absolute atomic E-state index is 0.0848. The molecule has 2 heterocycles. The standard InChI is InChI=1S/C34H47F3N2O5Si/c1-20(43-7)29-28(30(40)22-10-12-23(13-11-22)34(35,36)37)26(21-14-16-39(17-15-21)31(41)42)27-24(38-29)18-33(5,6)19-25(27)44-45(8,9)32(2,3)4/h10-13,20-21,25H,14-19H2,1-9H3,(H,41,42). The smallest absolute Gasteiger partial charge is 0.416 e. The molecular weight excluding hydrogens is 601 g/mol. The highest BCUT2D eigenvalue weighted by molar-refractivity contribution is 6.74. The molecule has 7 nitrogen and oxygen atoms in total. The van der Waals surface area contributed by atoms with Gasteiger partial charge in [-0.3, -0.25) is 9.78 Å². The van der Waals surface area contributed by atoms with Crippen molar-refractivity contribution < 1.29 is 37.0 Å². The molecule has 1 aliphatic carbocycles. The van der Waals surface area contributed by atoms with E-state index in [1.54, 1.807) is 0 Å². The number of carbonyl (C=O) groups is 2. The Morgan fingerprint density at radius 3 is 2.13 bits per heavy atom. The van der Waals surface area contributed by atoms with Crippen LogP contribution in [0.3, 0.4) is 0 Å². The highest BCUT2D eigenvalue weighted by Gasteiger charge is 2.46. The molecule has 0 saturated carbocycles. The number of hydrogen-bond donors (Lipinski definition) is 1. The zero-order valence-corrected chi connectivity index (χ0v) is 28.9. The Balaban J connectivity index is 2.01. The minimum Gasteiger partial charge on any atom is -0.465 e. The molecule has 45 heavy (non-hydrogen) atoms. The number of alkyl halides is 3. The van der Waals surface area contributed by atoms with Gasteiger partial charge in [-0.2, -0.15) is 13.2 Å². The van der Waals surface area contributed by atoms with Crippen molar-refractivity contribution in [2.24, 2.45) is 5.41 Å². The second kappa shape index (κ2) is 12.4. The van der Waals surface area contributed by atoms with Gasteiger partial charge in [-0.1, -0.05) is 46.8 Å². The second-order valence-corrected chi connectivity index (χ2v) is 19.6. The summed E-state index contributed by atoms with van der Waals surface area (Å²) in [7, 11) is -0.788. The van der Waals surface area contributed by atoms with Crippen molar-refractivity contribution in [3.05, 3.63) is 63.5 Å². The molecule has 1 aromatic heterocycles. The number of pyridine rings is 1. The van der Waals surface area contributed by atoms with Crippen LogP contribution in [0.2, 0.25) is 18.1 Å². The topological polar surface area (TPSA) is 89.0 Å². The number of methoxy groups -OCH3 is 1. The molecule has 2 atom stereocenters. The van der Waals surface area contributed by atoms with Crippen LogP contribution in [0.25, 0.3) is 0 Å². The van der Waals surface area contributed by atoms with Crippen molar-refractivity contribution in [3.8, 4) is 0 Å². The van der Waals surface area contributed by atoms with E-state index in [1.165, 1.54) is 24.1 Å². The zero-order chi connectivity index (χ0) is 33.7. The third kappa shape index (κ3) is 7.30. The van der Waals surface area contributed by atoms with E-state index < -0.39 is 38.0 Å². The van der Waals surface area contributed by atoms with E-state index in [2.05, 4.69) is 47.7 Å². The lowest BCUT2D eigenvalue weighted by Gasteiger charge is -2.46. The molecule has 1 N–H and O–H groups in total. The first-order valence-corrected chi connectivity index (χ1v) is 18.5. The molecule has 4 rings (SSSR count). The fraction of sp³-hybridized carbons (Fsp3) is 0.618. The fourth-order valence-corrected chi connectivity index (χ4v) is 7.59. The molecule has 2 aliphatic rings. The first kappa shape index (κ1) is 35.1. The minimum atomic E-state index is -4.53. The Morgan fingerprint density at radius 2 is 1.64 bits per heavy atom. The maximum absolute atomic E-state index is 14.5. The highest BCUT2D eigenvalue weighted by atomic mass is 28.4. The lowest BCUT2D eigenvalue weighted by atomic mass is 9.70. The molecule has 248 valence electrons. The van der Waals surface area contributed by atoms with E-state index in [0.29, 0.717) is 50.0 Å². The van der Waals surface area contributed by atoms with Gasteiger partial charge in [-0.15, -0.1) is 0 Å². The number of rotatable bonds is 7. The van der Waals surface area contributed by atoms with Crippen LogP contribution in [0.4, 0.5) is 18.0 Å². The quantitative estimate of drug-likeness (QED) is 0.238.